The molecule has 5 aromatic carbocycles. The third kappa shape index (κ3) is 8.17. The molecule has 0 bridgehead atoms. The minimum absolute atomic E-state index is 0.0864. The van der Waals surface area contributed by atoms with E-state index in [1.54, 1.807) is 16.2 Å². The highest BCUT2D eigenvalue weighted by Crippen LogP contribution is 2.61. The van der Waals surface area contributed by atoms with Crippen molar-refractivity contribution in [3.63, 3.8) is 0 Å². The Morgan fingerprint density at radius 1 is 0.638 bits per heavy atom. The molecule has 47 heavy (non-hydrogen) atoms. The van der Waals surface area contributed by atoms with Gasteiger partial charge in [0, 0.05) is 6.54 Å². The molecule has 1 N–H and O–H groups in total. The lowest BCUT2D eigenvalue weighted by Gasteiger charge is -2.29. The fraction of sp³-hybridized carbons (Fsp3) is 0.182. The van der Waals surface area contributed by atoms with Gasteiger partial charge in [-0.3, -0.25) is 0 Å². The van der Waals surface area contributed by atoms with E-state index in [0.29, 0.717) is 0 Å². The molecule has 0 spiro atoms. The average Bonchev–Trinajstić information content (AvgIpc) is 3.55. The summed E-state index contributed by atoms with van der Waals surface area (Å²) in [7, 11) is -1.43. The minimum Gasteiger partial charge on any atom is -0.313 e. The van der Waals surface area contributed by atoms with Crippen LogP contribution in [0.2, 0.25) is 0 Å². The summed E-state index contributed by atoms with van der Waals surface area (Å²) < 4.78 is 0. The molecule has 1 aliphatic rings. The summed E-state index contributed by atoms with van der Waals surface area (Å²) in [6.45, 7) is 10.7. The van der Waals surface area contributed by atoms with Crippen LogP contribution in [0.4, 0.5) is 0 Å². The van der Waals surface area contributed by atoms with Crippen molar-refractivity contribution >= 4 is 43.1 Å². The number of hydrogen-bond acceptors (Lipinski definition) is 1. The molecule has 0 radical (unpaired) electrons. The van der Waals surface area contributed by atoms with E-state index in [0.717, 1.165) is 32.4 Å². The van der Waals surface area contributed by atoms with Gasteiger partial charge in [-0.2, -0.15) is 0 Å². The van der Waals surface area contributed by atoms with Gasteiger partial charge in [-0.25, -0.2) is 0 Å². The van der Waals surface area contributed by atoms with Gasteiger partial charge in [-0.1, -0.05) is 184 Å². The Hall–Kier alpha value is -3.86. The highest BCUT2D eigenvalue weighted by Gasteiger charge is 2.35. The van der Waals surface area contributed by atoms with Crippen molar-refractivity contribution in [3.8, 4) is 0 Å². The van der Waals surface area contributed by atoms with Crippen molar-refractivity contribution in [1.82, 2.24) is 5.32 Å². The molecule has 0 saturated heterocycles. The lowest BCUT2D eigenvalue weighted by atomic mass is 9.79. The van der Waals surface area contributed by atoms with E-state index in [9.17, 15) is 0 Å². The third-order valence-corrected chi connectivity index (χ3v) is 14.4. The lowest BCUT2D eigenvalue weighted by molar-refractivity contribution is 0.383. The van der Waals surface area contributed by atoms with Crippen LogP contribution in [0.15, 0.2) is 174 Å². The minimum atomic E-state index is -0.726. The Bertz CT molecular complexity index is 1710. The maximum Gasteiger partial charge on any atom is 0.0205 e. The first-order chi connectivity index (χ1) is 23.0. The molecule has 0 unspecified atom stereocenters. The molecule has 0 saturated carbocycles. The summed E-state index contributed by atoms with van der Waals surface area (Å²) in [6.07, 6.45) is 7.84. The van der Waals surface area contributed by atoms with Gasteiger partial charge in [-0.15, -0.1) is 0 Å². The second-order valence-electron chi connectivity index (χ2n) is 12.8. The van der Waals surface area contributed by atoms with Gasteiger partial charge in [0.2, 0.25) is 0 Å². The summed E-state index contributed by atoms with van der Waals surface area (Å²) in [5, 5.41) is 12.5. The van der Waals surface area contributed by atoms with E-state index in [1.165, 1.54) is 32.3 Å². The first-order valence-electron chi connectivity index (χ1n) is 16.7. The Morgan fingerprint density at radius 3 is 1.57 bits per heavy atom. The first kappa shape index (κ1) is 33.1. The number of nitrogens with one attached hydrogen (secondary N) is 1. The molecule has 3 heteroatoms. The first-order valence-corrected chi connectivity index (χ1v) is 19.4. The monoisotopic (exact) mass is 649 g/mol. The van der Waals surface area contributed by atoms with Crippen molar-refractivity contribution in [2.75, 3.05) is 6.54 Å². The van der Waals surface area contributed by atoms with E-state index in [1.807, 2.05) is 6.08 Å². The van der Waals surface area contributed by atoms with Crippen LogP contribution in [0.25, 0.3) is 6.08 Å². The summed E-state index contributed by atoms with van der Waals surface area (Å²) in [4.78, 5) is 0. The van der Waals surface area contributed by atoms with Crippen molar-refractivity contribution in [1.29, 1.82) is 0 Å². The maximum absolute atomic E-state index is 3.87. The predicted octanol–water partition coefficient (Wildman–Crippen LogP) is 10.0. The highest BCUT2D eigenvalue weighted by atomic mass is 31.1. The van der Waals surface area contributed by atoms with Crippen molar-refractivity contribution < 1.29 is 0 Å². The second-order valence-corrected chi connectivity index (χ2v) is 17.2. The van der Waals surface area contributed by atoms with Crippen LogP contribution in [0.5, 0.6) is 0 Å². The van der Waals surface area contributed by atoms with Crippen molar-refractivity contribution in [2.24, 2.45) is 5.41 Å². The smallest absolute Gasteiger partial charge is 0.0205 e. The second kappa shape index (κ2) is 15.8. The summed E-state index contributed by atoms with van der Waals surface area (Å²) in [5.74, 6) is 0. The third-order valence-electron chi connectivity index (χ3n) is 9.10. The van der Waals surface area contributed by atoms with E-state index in [4.69, 9.17) is 0 Å². The van der Waals surface area contributed by atoms with E-state index < -0.39 is 15.8 Å². The van der Waals surface area contributed by atoms with Gasteiger partial charge in [0.1, 0.15) is 0 Å². The molecule has 1 aliphatic carbocycles. The van der Waals surface area contributed by atoms with Crippen LogP contribution in [0.1, 0.15) is 44.2 Å². The van der Waals surface area contributed by atoms with Gasteiger partial charge in [0.05, 0.1) is 0 Å². The van der Waals surface area contributed by atoms with Crippen LogP contribution in [-0.2, 0) is 6.54 Å². The van der Waals surface area contributed by atoms with Gasteiger partial charge in [-0.05, 0) is 90.0 Å². The van der Waals surface area contributed by atoms with Gasteiger partial charge >= 0.3 is 0 Å². The normalized spacial score (nSPS) is 13.3. The summed E-state index contributed by atoms with van der Waals surface area (Å²) >= 11 is 0. The van der Waals surface area contributed by atoms with Crippen molar-refractivity contribution in [2.45, 2.75) is 39.7 Å². The molecule has 5 aromatic rings. The van der Waals surface area contributed by atoms with Crippen LogP contribution in [-0.4, -0.2) is 6.54 Å². The van der Waals surface area contributed by atoms with E-state index in [2.05, 4.69) is 177 Å². The van der Waals surface area contributed by atoms with E-state index >= 15 is 0 Å². The Morgan fingerprint density at radius 2 is 1.11 bits per heavy atom. The van der Waals surface area contributed by atoms with Crippen LogP contribution in [0.3, 0.4) is 0 Å². The molecule has 0 atom stereocenters. The van der Waals surface area contributed by atoms with Crippen LogP contribution < -0.4 is 26.5 Å². The molecule has 6 rings (SSSR count). The zero-order valence-corrected chi connectivity index (χ0v) is 29.4. The largest absolute Gasteiger partial charge is 0.313 e. The Labute approximate surface area is 284 Å². The molecule has 0 amide bonds. The summed E-state index contributed by atoms with van der Waals surface area (Å²) in [5.41, 5.74) is 4.14. The predicted molar refractivity (Wildman–Crippen MR) is 209 cm³/mol. The SMILES string of the molecule is C=Cc1ccc(CNCCCC(C)(C)C2=CC(P(c3ccccc3)c3ccccc3)=C(P(c3ccccc3)c3ccccc3)C2)cc1. The van der Waals surface area contributed by atoms with Gasteiger partial charge < -0.3 is 5.32 Å². The standard InChI is InChI=1S/C44H45NP2/c1-4-35-26-28-36(29-27-35)34-45-31-17-30-44(2,3)37-32-42(46(38-18-9-5-10-19-38)39-20-11-6-12-21-39)43(33-37)47(40-22-13-7-14-23-40)41-24-15-8-16-25-41/h4-16,18-29,32,45H,1,17,30-31,33-34H2,2-3H3. The topological polar surface area (TPSA) is 12.0 Å². The molecular formula is C44H45NP2. The number of benzene rings is 5. The number of allylic oxidation sites excluding steroid dienone is 4. The fourth-order valence-electron chi connectivity index (χ4n) is 6.41. The number of hydrogen-bond donors (Lipinski definition) is 1. The molecule has 236 valence electrons. The van der Waals surface area contributed by atoms with Crippen molar-refractivity contribution in [3.05, 3.63) is 186 Å². The Kier molecular flexibility index (Phi) is 11.1. The van der Waals surface area contributed by atoms with Crippen LogP contribution >= 0.6 is 15.8 Å². The fourth-order valence-corrected chi connectivity index (χ4v) is 11.9. The zero-order valence-electron chi connectivity index (χ0n) is 27.6. The molecule has 0 fully saturated rings. The molecule has 0 aromatic heterocycles. The maximum atomic E-state index is 3.87. The Balaban J connectivity index is 1.33. The average molecular weight is 650 g/mol. The molecular weight excluding hydrogens is 604 g/mol. The van der Waals surface area contributed by atoms with Crippen LogP contribution in [0, 0.1) is 5.41 Å². The molecule has 0 heterocycles. The molecule has 1 nitrogen and oxygen atoms in total. The number of rotatable bonds is 14. The van der Waals surface area contributed by atoms with E-state index in [-0.39, 0.29) is 5.41 Å². The molecule has 0 aliphatic heterocycles. The highest BCUT2D eigenvalue weighted by molar-refractivity contribution is 7.80. The zero-order chi connectivity index (χ0) is 32.5. The van der Waals surface area contributed by atoms with Gasteiger partial charge in [0.15, 0.2) is 0 Å². The lowest BCUT2D eigenvalue weighted by Crippen LogP contribution is -2.20. The summed E-state index contributed by atoms with van der Waals surface area (Å²) in [6, 6.07) is 53.6. The quantitative estimate of drug-likeness (QED) is 0.0933. The van der Waals surface area contributed by atoms with Gasteiger partial charge in [0.25, 0.3) is 0 Å².